The van der Waals surface area contributed by atoms with Crippen LogP contribution in [0.5, 0.6) is 5.75 Å². The number of rotatable bonds is 6. The highest BCUT2D eigenvalue weighted by Gasteiger charge is 2.19. The van der Waals surface area contributed by atoms with Gasteiger partial charge in [0.1, 0.15) is 5.75 Å². The molecule has 1 aromatic heterocycles. The molecule has 4 nitrogen and oxygen atoms in total. The summed E-state index contributed by atoms with van der Waals surface area (Å²) in [5.41, 5.74) is 4.10. The van der Waals surface area contributed by atoms with Gasteiger partial charge >= 0.3 is 5.97 Å². The van der Waals surface area contributed by atoms with E-state index in [1.165, 1.54) is 25.7 Å². The molecule has 29 heavy (non-hydrogen) atoms. The number of ether oxygens (including phenoxy) is 1. The lowest BCUT2D eigenvalue weighted by Crippen LogP contribution is -2.09. The predicted octanol–water partition coefficient (Wildman–Crippen LogP) is 6.48. The first-order valence-electron chi connectivity index (χ1n) is 9.98. The maximum atomic E-state index is 11.4. The molecule has 0 atom stereocenters. The minimum atomic E-state index is -0.929. The van der Waals surface area contributed by atoms with Crippen LogP contribution in [0.1, 0.15) is 41.7 Å². The third kappa shape index (κ3) is 4.25. The molecular weight excluding hydrogens is 430 g/mol. The van der Waals surface area contributed by atoms with Gasteiger partial charge in [0.25, 0.3) is 0 Å². The smallest absolute Gasteiger partial charge is 0.335 e. The van der Waals surface area contributed by atoms with Crippen molar-refractivity contribution in [2.75, 3.05) is 6.61 Å². The van der Waals surface area contributed by atoms with Crippen LogP contribution in [0.25, 0.3) is 16.9 Å². The van der Waals surface area contributed by atoms with Crippen molar-refractivity contribution >= 4 is 21.9 Å². The van der Waals surface area contributed by atoms with Crippen molar-refractivity contribution in [1.29, 1.82) is 0 Å². The Labute approximate surface area is 179 Å². The molecule has 3 aromatic rings. The van der Waals surface area contributed by atoms with E-state index in [1.54, 1.807) is 18.2 Å². The molecule has 150 valence electrons. The highest BCUT2D eigenvalue weighted by Crippen LogP contribution is 2.36. The van der Waals surface area contributed by atoms with Crippen LogP contribution in [0.2, 0.25) is 0 Å². The molecule has 1 fully saturated rings. The average Bonchev–Trinajstić information content (AvgIpc) is 3.36. The zero-order valence-corrected chi connectivity index (χ0v) is 18.0. The van der Waals surface area contributed by atoms with E-state index in [2.05, 4.69) is 32.6 Å². The van der Waals surface area contributed by atoms with Crippen molar-refractivity contribution in [3.63, 3.8) is 0 Å². The lowest BCUT2D eigenvalue weighted by atomic mass is 10.1. The molecule has 0 aliphatic heterocycles. The van der Waals surface area contributed by atoms with Gasteiger partial charge in [0, 0.05) is 21.4 Å². The summed E-state index contributed by atoms with van der Waals surface area (Å²) >= 11 is 3.59. The Morgan fingerprint density at radius 3 is 2.69 bits per heavy atom. The molecule has 1 heterocycles. The van der Waals surface area contributed by atoms with E-state index in [9.17, 15) is 9.90 Å². The molecule has 0 saturated heterocycles. The van der Waals surface area contributed by atoms with Gasteiger partial charge in [-0.2, -0.15) is 0 Å². The molecule has 0 radical (unpaired) electrons. The van der Waals surface area contributed by atoms with Crippen molar-refractivity contribution < 1.29 is 14.6 Å². The van der Waals surface area contributed by atoms with Gasteiger partial charge in [-0.1, -0.05) is 34.8 Å². The molecule has 1 aliphatic rings. The highest BCUT2D eigenvalue weighted by atomic mass is 79.9. The van der Waals surface area contributed by atoms with Crippen LogP contribution in [0.3, 0.4) is 0 Å². The summed E-state index contributed by atoms with van der Waals surface area (Å²) in [7, 11) is 0. The molecule has 1 saturated carbocycles. The molecular formula is C24H24BrNO3. The number of carboxylic acid groups (broad SMARTS) is 1. The molecule has 0 spiro atoms. The number of halogens is 1. The van der Waals surface area contributed by atoms with E-state index in [0.717, 1.165) is 39.5 Å². The monoisotopic (exact) mass is 453 g/mol. The van der Waals surface area contributed by atoms with E-state index in [0.29, 0.717) is 5.92 Å². The molecule has 1 aliphatic carbocycles. The van der Waals surface area contributed by atoms with Crippen LogP contribution in [-0.2, 0) is 0 Å². The summed E-state index contributed by atoms with van der Waals surface area (Å²) < 4.78 is 9.32. The molecule has 0 bridgehead atoms. The van der Waals surface area contributed by atoms with E-state index in [4.69, 9.17) is 4.74 Å². The van der Waals surface area contributed by atoms with E-state index in [1.807, 2.05) is 31.2 Å². The first-order valence-corrected chi connectivity index (χ1v) is 10.8. The van der Waals surface area contributed by atoms with Gasteiger partial charge in [0.15, 0.2) is 0 Å². The number of nitrogens with zero attached hydrogens (tertiary/aromatic N) is 1. The Bertz CT molecular complexity index is 1030. The molecule has 5 heteroatoms. The first-order chi connectivity index (χ1) is 14.0. The van der Waals surface area contributed by atoms with Gasteiger partial charge in [-0.05, 0) is 74.2 Å². The molecule has 0 unspecified atom stereocenters. The van der Waals surface area contributed by atoms with Gasteiger partial charge < -0.3 is 14.4 Å². The number of carboxylic acids is 1. The molecule has 4 rings (SSSR count). The summed E-state index contributed by atoms with van der Waals surface area (Å²) in [6, 6.07) is 17.2. The van der Waals surface area contributed by atoms with Crippen LogP contribution in [-0.4, -0.2) is 22.2 Å². The van der Waals surface area contributed by atoms with E-state index >= 15 is 0 Å². The van der Waals surface area contributed by atoms with Gasteiger partial charge in [0.05, 0.1) is 17.9 Å². The third-order valence-corrected chi connectivity index (χ3v) is 6.09. The second-order valence-electron chi connectivity index (χ2n) is 7.65. The summed E-state index contributed by atoms with van der Waals surface area (Å²) in [6.07, 6.45) is 5.07. The first kappa shape index (κ1) is 19.8. The van der Waals surface area contributed by atoms with Gasteiger partial charge in [0.2, 0.25) is 0 Å². The fourth-order valence-electron chi connectivity index (χ4n) is 4.08. The summed E-state index contributed by atoms with van der Waals surface area (Å²) in [4.78, 5) is 11.4. The minimum absolute atomic E-state index is 0.272. The lowest BCUT2D eigenvalue weighted by Gasteiger charge is -2.18. The lowest BCUT2D eigenvalue weighted by molar-refractivity contribution is 0.0697. The van der Waals surface area contributed by atoms with Crippen LogP contribution in [0.15, 0.2) is 59.1 Å². The number of aryl methyl sites for hydroxylation is 1. The van der Waals surface area contributed by atoms with Crippen LogP contribution in [0, 0.1) is 12.8 Å². The average molecular weight is 454 g/mol. The van der Waals surface area contributed by atoms with Crippen LogP contribution >= 0.6 is 15.9 Å². The van der Waals surface area contributed by atoms with Gasteiger partial charge in [-0.15, -0.1) is 0 Å². The maximum Gasteiger partial charge on any atom is 0.335 e. The summed E-state index contributed by atoms with van der Waals surface area (Å²) in [5, 5.41) is 9.38. The standard InChI is InChI=1S/C24H24BrNO3/c1-16-9-11-22(26(16)20-8-4-7-18(13-20)24(27)28)21-14-19(25)10-12-23(21)29-15-17-5-2-3-6-17/h4,7-14,17H,2-3,5-6,15H2,1H3,(H,27,28). The second-order valence-corrected chi connectivity index (χ2v) is 8.57. The largest absolute Gasteiger partial charge is 0.493 e. The fourth-order valence-corrected chi connectivity index (χ4v) is 4.44. The summed E-state index contributed by atoms with van der Waals surface area (Å²) in [5.74, 6) is 0.558. The second kappa shape index (κ2) is 8.46. The zero-order chi connectivity index (χ0) is 20.4. The summed E-state index contributed by atoms with van der Waals surface area (Å²) in [6.45, 7) is 2.76. The molecule has 1 N–H and O–H groups in total. The number of hydrogen-bond donors (Lipinski definition) is 1. The third-order valence-electron chi connectivity index (χ3n) is 5.59. The maximum absolute atomic E-state index is 11.4. The van der Waals surface area contributed by atoms with Crippen molar-refractivity contribution in [2.24, 2.45) is 5.92 Å². The van der Waals surface area contributed by atoms with Crippen molar-refractivity contribution in [3.8, 4) is 22.7 Å². The van der Waals surface area contributed by atoms with Crippen LogP contribution in [0.4, 0.5) is 0 Å². The Hall–Kier alpha value is -2.53. The number of aromatic nitrogens is 1. The Balaban J connectivity index is 1.75. The van der Waals surface area contributed by atoms with E-state index < -0.39 is 5.97 Å². The SMILES string of the molecule is Cc1ccc(-c2cc(Br)ccc2OCC2CCCC2)n1-c1cccc(C(=O)O)c1. The Morgan fingerprint density at radius 2 is 1.93 bits per heavy atom. The fraction of sp³-hybridized carbons (Fsp3) is 0.292. The number of aromatic carboxylic acids is 1. The van der Waals surface area contributed by atoms with E-state index in [-0.39, 0.29) is 5.56 Å². The number of hydrogen-bond acceptors (Lipinski definition) is 2. The van der Waals surface area contributed by atoms with Crippen LogP contribution < -0.4 is 4.74 Å². The highest BCUT2D eigenvalue weighted by molar-refractivity contribution is 9.10. The van der Waals surface area contributed by atoms with Crippen molar-refractivity contribution in [3.05, 3.63) is 70.3 Å². The van der Waals surface area contributed by atoms with Gasteiger partial charge in [-0.3, -0.25) is 0 Å². The minimum Gasteiger partial charge on any atom is -0.493 e. The quantitative estimate of drug-likeness (QED) is 0.464. The number of carbonyl (C=O) groups is 1. The zero-order valence-electron chi connectivity index (χ0n) is 16.4. The topological polar surface area (TPSA) is 51.5 Å². The normalized spacial score (nSPS) is 14.3. The van der Waals surface area contributed by atoms with Gasteiger partial charge in [-0.25, -0.2) is 4.79 Å². The molecule has 0 amide bonds. The Morgan fingerprint density at radius 1 is 1.14 bits per heavy atom. The molecule has 2 aromatic carbocycles. The predicted molar refractivity (Wildman–Crippen MR) is 118 cm³/mol. The Kier molecular flexibility index (Phi) is 5.76. The number of benzene rings is 2. The van der Waals surface area contributed by atoms with Crippen molar-refractivity contribution in [2.45, 2.75) is 32.6 Å². The van der Waals surface area contributed by atoms with Crippen molar-refractivity contribution in [1.82, 2.24) is 4.57 Å².